The summed E-state index contributed by atoms with van der Waals surface area (Å²) in [7, 11) is 1.55. The summed E-state index contributed by atoms with van der Waals surface area (Å²) in [6, 6.07) is 0. The van der Waals surface area contributed by atoms with E-state index in [9.17, 15) is 10.0 Å². The maximum atomic E-state index is 11.4. The van der Waals surface area contributed by atoms with Gasteiger partial charge < -0.3 is 24.6 Å². The quantitative estimate of drug-likeness (QED) is 0.162. The van der Waals surface area contributed by atoms with E-state index < -0.39 is 12.9 Å². The number of aliphatic hydroxyl groups is 1. The molecule has 118 valence electrons. The van der Waals surface area contributed by atoms with Gasteiger partial charge in [-0.25, -0.2) is 4.79 Å². The topological polar surface area (TPSA) is 107 Å². The Morgan fingerprint density at radius 2 is 2.10 bits per heavy atom. The molecule has 1 N–H and O–H groups in total. The van der Waals surface area contributed by atoms with Crippen molar-refractivity contribution in [3.05, 3.63) is 5.21 Å². The van der Waals surface area contributed by atoms with Crippen LogP contribution in [0.15, 0.2) is 5.28 Å². The van der Waals surface area contributed by atoms with Gasteiger partial charge in [0.1, 0.15) is 0 Å². The Bertz CT molecular complexity index is 298. The molecule has 0 aromatic heterocycles. The third-order valence-corrected chi connectivity index (χ3v) is 2.12. The predicted molar refractivity (Wildman–Crippen MR) is 68.3 cm³/mol. The first-order chi connectivity index (χ1) is 9.47. The zero-order chi connectivity index (χ0) is 15.4. The molecular formula is C11H23N3O6. The molecular weight excluding hydrogens is 270 g/mol. The van der Waals surface area contributed by atoms with Gasteiger partial charge in [0.2, 0.25) is 5.28 Å². The molecule has 0 radical (unpaired) electrons. The van der Waals surface area contributed by atoms with Crippen molar-refractivity contribution in [2.45, 2.75) is 39.2 Å². The van der Waals surface area contributed by atoms with Gasteiger partial charge in [-0.3, -0.25) is 0 Å². The average Bonchev–Trinajstić information content (AvgIpc) is 2.38. The fourth-order valence-electron chi connectivity index (χ4n) is 1.15. The highest BCUT2D eigenvalue weighted by atomic mass is 16.8. The van der Waals surface area contributed by atoms with Crippen molar-refractivity contribution in [2.24, 2.45) is 5.28 Å². The summed E-state index contributed by atoms with van der Waals surface area (Å²) in [5.41, 5.74) is 0. The van der Waals surface area contributed by atoms with Crippen LogP contribution in [0.5, 0.6) is 0 Å². The van der Waals surface area contributed by atoms with Gasteiger partial charge >= 0.3 is 6.16 Å². The maximum absolute atomic E-state index is 11.4. The van der Waals surface area contributed by atoms with Crippen LogP contribution in [0.25, 0.3) is 0 Å². The number of carbonyl (C=O) groups is 1. The van der Waals surface area contributed by atoms with E-state index in [1.807, 2.05) is 0 Å². The van der Waals surface area contributed by atoms with Crippen LogP contribution in [0.3, 0.4) is 0 Å². The lowest BCUT2D eigenvalue weighted by Gasteiger charge is -2.12. The molecule has 0 aromatic carbocycles. The third-order valence-electron chi connectivity index (χ3n) is 2.12. The van der Waals surface area contributed by atoms with E-state index >= 15 is 0 Å². The lowest BCUT2D eigenvalue weighted by molar-refractivity contribution is -0.706. The molecule has 0 aromatic rings. The first-order valence-electron chi connectivity index (χ1n) is 6.42. The van der Waals surface area contributed by atoms with Gasteiger partial charge in [-0.05, 0) is 33.1 Å². The largest absolute Gasteiger partial charge is 0.569 e. The number of rotatable bonds is 10. The summed E-state index contributed by atoms with van der Waals surface area (Å²) < 4.78 is 9.18. The fraction of sp³-hybridized carbons (Fsp3) is 0.909. The van der Waals surface area contributed by atoms with E-state index in [-0.39, 0.29) is 17.7 Å². The van der Waals surface area contributed by atoms with E-state index in [4.69, 9.17) is 5.11 Å². The number of unbranched alkanes of at least 4 members (excludes halogenated alkanes) is 2. The van der Waals surface area contributed by atoms with Crippen molar-refractivity contribution in [3.8, 4) is 0 Å². The van der Waals surface area contributed by atoms with E-state index in [1.165, 1.54) is 5.01 Å². The first kappa shape index (κ1) is 18.2. The molecule has 0 saturated carbocycles. The Morgan fingerprint density at radius 3 is 2.70 bits per heavy atom. The third kappa shape index (κ3) is 10.2. The average molecular weight is 293 g/mol. The molecule has 0 bridgehead atoms. The van der Waals surface area contributed by atoms with Crippen LogP contribution in [0.4, 0.5) is 4.79 Å². The van der Waals surface area contributed by atoms with Crippen LogP contribution in [0, 0.1) is 5.21 Å². The van der Waals surface area contributed by atoms with Crippen molar-refractivity contribution in [1.29, 1.82) is 0 Å². The maximum Gasteiger partial charge on any atom is 0.511 e. The zero-order valence-electron chi connectivity index (χ0n) is 12.2. The van der Waals surface area contributed by atoms with Crippen molar-refractivity contribution in [1.82, 2.24) is 5.01 Å². The van der Waals surface area contributed by atoms with Crippen LogP contribution in [0.2, 0.25) is 0 Å². The lowest BCUT2D eigenvalue weighted by Crippen LogP contribution is -2.27. The molecule has 9 heteroatoms. The number of hydrogen-bond donors (Lipinski definition) is 1. The van der Waals surface area contributed by atoms with Gasteiger partial charge in [-0.2, -0.15) is 0 Å². The van der Waals surface area contributed by atoms with Gasteiger partial charge in [0.15, 0.2) is 0 Å². The second-order valence-electron chi connectivity index (χ2n) is 4.31. The minimum absolute atomic E-state index is 0.141. The van der Waals surface area contributed by atoms with Gasteiger partial charge in [0, 0.05) is 6.61 Å². The molecule has 0 aliphatic heterocycles. The Morgan fingerprint density at radius 1 is 1.40 bits per heavy atom. The van der Waals surface area contributed by atoms with Gasteiger partial charge in [0.05, 0.1) is 24.7 Å². The standard InChI is InChI=1S/C11H23N3O6/c1-10(2)20-11(16)18-9-19-12-14(17)13(3)7-5-4-6-8-15/h10,15H,4-9H2,1-3H3. The number of hydrazine groups is 1. The molecule has 0 amide bonds. The zero-order valence-corrected chi connectivity index (χ0v) is 12.2. The Balaban J connectivity index is 3.75. The molecule has 0 aliphatic rings. The fourth-order valence-corrected chi connectivity index (χ4v) is 1.15. The highest BCUT2D eigenvalue weighted by Gasteiger charge is 2.08. The van der Waals surface area contributed by atoms with Gasteiger partial charge in [0.25, 0.3) is 6.79 Å². The highest BCUT2D eigenvalue weighted by Crippen LogP contribution is 1.98. The SMILES string of the molecule is CC(C)OC(=O)OCON=[N+]([O-])N(C)CCCCCO. The van der Waals surface area contributed by atoms with Crippen LogP contribution in [-0.4, -0.2) is 54.3 Å². The van der Waals surface area contributed by atoms with Crippen LogP contribution >= 0.6 is 0 Å². The first-order valence-corrected chi connectivity index (χ1v) is 6.42. The number of ether oxygens (including phenoxy) is 2. The number of nitrogens with zero attached hydrogens (tertiary/aromatic N) is 3. The number of hydrogen-bond acceptors (Lipinski definition) is 7. The number of carbonyl (C=O) groups excluding carboxylic acids is 1. The lowest BCUT2D eigenvalue weighted by atomic mass is 10.2. The molecule has 0 unspecified atom stereocenters. The summed E-state index contributed by atoms with van der Waals surface area (Å²) in [5, 5.41) is 24.5. The van der Waals surface area contributed by atoms with E-state index in [0.29, 0.717) is 13.0 Å². The van der Waals surface area contributed by atoms with Crippen molar-refractivity contribution in [3.63, 3.8) is 0 Å². The van der Waals surface area contributed by atoms with Crippen molar-refractivity contribution >= 4 is 6.16 Å². The molecule has 0 atom stereocenters. The second kappa shape index (κ2) is 11.1. The van der Waals surface area contributed by atoms with Crippen LogP contribution in [-0.2, 0) is 14.3 Å². The summed E-state index contributed by atoms with van der Waals surface area (Å²) in [6.07, 6.45) is 1.10. The molecule has 0 spiro atoms. The molecule has 0 rings (SSSR count). The summed E-state index contributed by atoms with van der Waals surface area (Å²) >= 11 is 0. The molecule has 9 nitrogen and oxygen atoms in total. The normalized spacial score (nSPS) is 11.3. The Labute approximate surface area is 118 Å². The summed E-state index contributed by atoms with van der Waals surface area (Å²) in [4.78, 5) is 15.7. The van der Waals surface area contributed by atoms with Crippen molar-refractivity contribution < 1.29 is 29.2 Å². The monoisotopic (exact) mass is 293 g/mol. The van der Waals surface area contributed by atoms with E-state index in [0.717, 1.165) is 12.8 Å². The smallest absolute Gasteiger partial charge is 0.511 e. The molecule has 0 fully saturated rings. The Hall–Kier alpha value is -1.77. The predicted octanol–water partition coefficient (Wildman–Crippen LogP) is 1.41. The molecule has 0 heterocycles. The van der Waals surface area contributed by atoms with Crippen molar-refractivity contribution in [2.75, 3.05) is 27.0 Å². The summed E-state index contributed by atoms with van der Waals surface area (Å²) in [5.74, 6) is 0. The molecule has 0 aliphatic carbocycles. The minimum atomic E-state index is -0.884. The second-order valence-corrected chi connectivity index (χ2v) is 4.31. The molecule has 20 heavy (non-hydrogen) atoms. The van der Waals surface area contributed by atoms with Gasteiger partial charge in [-0.1, -0.05) is 0 Å². The van der Waals surface area contributed by atoms with Crippen LogP contribution in [0.1, 0.15) is 33.1 Å². The van der Waals surface area contributed by atoms with Crippen LogP contribution < -0.4 is 0 Å². The number of aliphatic hydroxyl groups excluding tert-OH is 1. The summed E-state index contributed by atoms with van der Waals surface area (Å²) in [6.45, 7) is 3.48. The Kier molecular flexibility index (Phi) is 10.1. The molecule has 0 saturated heterocycles. The highest BCUT2D eigenvalue weighted by molar-refractivity contribution is 5.59. The van der Waals surface area contributed by atoms with E-state index in [2.05, 4.69) is 19.6 Å². The minimum Gasteiger partial charge on any atom is -0.569 e. The van der Waals surface area contributed by atoms with E-state index in [1.54, 1.807) is 20.9 Å². The van der Waals surface area contributed by atoms with Gasteiger partial charge in [-0.15, -0.1) is 5.01 Å².